The Labute approximate surface area is 109 Å². The Balaban J connectivity index is 1.98. The summed E-state index contributed by atoms with van der Waals surface area (Å²) in [6.07, 6.45) is 1.92. The van der Waals surface area contributed by atoms with Gasteiger partial charge in [-0.1, -0.05) is 0 Å². The Morgan fingerprint density at radius 3 is 2.72 bits per heavy atom. The Morgan fingerprint density at radius 2 is 2.17 bits per heavy atom. The average molecular weight is 256 g/mol. The average Bonchev–Trinajstić information content (AvgIpc) is 2.83. The fraction of sp³-hybridized carbons (Fsp3) is 0.923. The maximum Gasteiger partial charge on any atom is 0.252 e. The molecule has 0 aliphatic carbocycles. The van der Waals surface area contributed by atoms with E-state index in [-0.39, 0.29) is 24.2 Å². The van der Waals surface area contributed by atoms with E-state index in [2.05, 4.69) is 4.90 Å². The van der Waals surface area contributed by atoms with Crippen molar-refractivity contribution >= 4 is 5.91 Å². The number of likely N-dealkylation sites (tertiary alicyclic amines) is 1. The minimum absolute atomic E-state index is 0.0581. The molecule has 2 aliphatic heterocycles. The van der Waals surface area contributed by atoms with E-state index < -0.39 is 6.10 Å². The van der Waals surface area contributed by atoms with Crippen molar-refractivity contribution in [1.29, 1.82) is 0 Å². The molecular formula is C13H24N2O3. The van der Waals surface area contributed by atoms with Gasteiger partial charge < -0.3 is 19.6 Å². The van der Waals surface area contributed by atoms with Crippen LogP contribution in [0, 0.1) is 0 Å². The maximum atomic E-state index is 12.4. The highest BCUT2D eigenvalue weighted by Crippen LogP contribution is 2.25. The van der Waals surface area contributed by atoms with Crippen LogP contribution in [0.25, 0.3) is 0 Å². The first-order chi connectivity index (χ1) is 8.47. The number of carbonyl (C=O) groups excluding carboxylic acids is 1. The number of aliphatic hydroxyl groups excluding tert-OH is 1. The largest absolute Gasteiger partial charge is 0.391 e. The smallest absolute Gasteiger partial charge is 0.252 e. The van der Waals surface area contributed by atoms with Crippen LogP contribution < -0.4 is 0 Å². The number of hydrogen-bond donors (Lipinski definition) is 1. The van der Waals surface area contributed by atoms with Crippen LogP contribution >= 0.6 is 0 Å². The molecule has 104 valence electrons. The number of aliphatic hydroxyl groups is 1. The van der Waals surface area contributed by atoms with Gasteiger partial charge in [-0.05, 0) is 40.3 Å². The van der Waals surface area contributed by atoms with Gasteiger partial charge in [-0.15, -0.1) is 0 Å². The van der Waals surface area contributed by atoms with Gasteiger partial charge in [0, 0.05) is 19.1 Å². The van der Waals surface area contributed by atoms with Gasteiger partial charge in [-0.3, -0.25) is 4.79 Å². The fourth-order valence-electron chi connectivity index (χ4n) is 2.93. The van der Waals surface area contributed by atoms with Crippen LogP contribution in [0.4, 0.5) is 0 Å². The minimum atomic E-state index is -0.391. The summed E-state index contributed by atoms with van der Waals surface area (Å²) in [6.45, 7) is 3.25. The normalized spacial score (nSPS) is 36.6. The molecule has 18 heavy (non-hydrogen) atoms. The van der Waals surface area contributed by atoms with E-state index in [1.54, 1.807) is 0 Å². The molecule has 2 heterocycles. The highest BCUT2D eigenvalue weighted by atomic mass is 16.5. The van der Waals surface area contributed by atoms with E-state index in [1.165, 1.54) is 0 Å². The molecule has 2 saturated heterocycles. The zero-order valence-corrected chi connectivity index (χ0v) is 11.5. The van der Waals surface area contributed by atoms with Crippen LogP contribution in [0.1, 0.15) is 26.2 Å². The zero-order chi connectivity index (χ0) is 13.3. The van der Waals surface area contributed by atoms with Crippen molar-refractivity contribution in [1.82, 2.24) is 9.80 Å². The minimum Gasteiger partial charge on any atom is -0.391 e. The van der Waals surface area contributed by atoms with Crippen LogP contribution in [0.15, 0.2) is 0 Å². The molecule has 0 saturated carbocycles. The Hall–Kier alpha value is -0.650. The van der Waals surface area contributed by atoms with Crippen molar-refractivity contribution in [3.63, 3.8) is 0 Å². The third kappa shape index (κ3) is 3.02. The van der Waals surface area contributed by atoms with Gasteiger partial charge >= 0.3 is 0 Å². The summed E-state index contributed by atoms with van der Waals surface area (Å²) in [5.74, 6) is 0.0581. The standard InChI is InChI=1S/C13H24N2O3/c1-9-4-5-12(18-9)13(17)15-8-11(16)6-10(15)7-14(2)3/h9-12,16H,4-8H2,1-3H3. The molecule has 1 amide bonds. The number of β-amino-alcohol motifs (C(OH)–C–C–N with tert-alkyl or cyclic N) is 1. The van der Waals surface area contributed by atoms with Crippen LogP contribution in [0.5, 0.6) is 0 Å². The number of hydrogen-bond acceptors (Lipinski definition) is 4. The number of rotatable bonds is 3. The van der Waals surface area contributed by atoms with Crippen LogP contribution in [0.2, 0.25) is 0 Å². The summed E-state index contributed by atoms with van der Waals surface area (Å²) in [4.78, 5) is 16.3. The van der Waals surface area contributed by atoms with Crippen molar-refractivity contribution in [2.45, 2.75) is 50.5 Å². The maximum absolute atomic E-state index is 12.4. The Kier molecular flexibility index (Phi) is 4.25. The van der Waals surface area contributed by atoms with E-state index in [4.69, 9.17) is 4.74 Å². The van der Waals surface area contributed by atoms with Crippen molar-refractivity contribution < 1.29 is 14.6 Å². The Bertz CT molecular complexity index is 309. The molecule has 0 bridgehead atoms. The third-order valence-corrected chi connectivity index (χ3v) is 3.76. The van der Waals surface area contributed by atoms with Crippen molar-refractivity contribution in [2.24, 2.45) is 0 Å². The number of nitrogens with zero attached hydrogens (tertiary/aromatic N) is 2. The fourth-order valence-corrected chi connectivity index (χ4v) is 2.93. The molecule has 5 nitrogen and oxygen atoms in total. The monoisotopic (exact) mass is 256 g/mol. The summed E-state index contributed by atoms with van der Waals surface area (Å²) < 4.78 is 5.64. The quantitative estimate of drug-likeness (QED) is 0.777. The number of amides is 1. The van der Waals surface area contributed by atoms with Crippen LogP contribution in [-0.2, 0) is 9.53 Å². The molecule has 4 unspecified atom stereocenters. The number of carbonyl (C=O) groups is 1. The molecule has 2 fully saturated rings. The van der Waals surface area contributed by atoms with Gasteiger partial charge in [0.1, 0.15) is 6.10 Å². The molecule has 2 rings (SSSR count). The second-order valence-corrected chi connectivity index (χ2v) is 5.81. The molecule has 0 aromatic heterocycles. The van der Waals surface area contributed by atoms with Gasteiger partial charge in [-0.25, -0.2) is 0 Å². The van der Waals surface area contributed by atoms with Crippen LogP contribution in [0.3, 0.4) is 0 Å². The summed E-state index contributed by atoms with van der Waals surface area (Å²) >= 11 is 0. The lowest BCUT2D eigenvalue weighted by Crippen LogP contribution is -2.46. The Morgan fingerprint density at radius 1 is 1.44 bits per heavy atom. The lowest BCUT2D eigenvalue weighted by atomic mass is 10.1. The van der Waals surface area contributed by atoms with E-state index in [1.807, 2.05) is 25.9 Å². The van der Waals surface area contributed by atoms with Gasteiger partial charge in [0.2, 0.25) is 0 Å². The van der Waals surface area contributed by atoms with Crippen molar-refractivity contribution in [3.8, 4) is 0 Å². The van der Waals surface area contributed by atoms with Gasteiger partial charge in [0.25, 0.3) is 5.91 Å². The molecule has 0 spiro atoms. The summed E-state index contributed by atoms with van der Waals surface area (Å²) in [5.41, 5.74) is 0. The van der Waals surface area contributed by atoms with E-state index in [0.29, 0.717) is 13.0 Å². The molecule has 2 aliphatic rings. The summed E-state index contributed by atoms with van der Waals surface area (Å²) in [6, 6.07) is 0.113. The lowest BCUT2D eigenvalue weighted by Gasteiger charge is -2.28. The molecular weight excluding hydrogens is 232 g/mol. The third-order valence-electron chi connectivity index (χ3n) is 3.76. The predicted molar refractivity (Wildman–Crippen MR) is 68.2 cm³/mol. The molecule has 5 heteroatoms. The summed E-state index contributed by atoms with van der Waals surface area (Å²) in [7, 11) is 3.98. The number of ether oxygens (including phenoxy) is 1. The first-order valence-electron chi connectivity index (χ1n) is 6.76. The second kappa shape index (κ2) is 5.55. The highest BCUT2D eigenvalue weighted by molar-refractivity contribution is 5.82. The van der Waals surface area contributed by atoms with Gasteiger partial charge in [0.15, 0.2) is 0 Å². The van der Waals surface area contributed by atoms with Gasteiger partial charge in [-0.2, -0.15) is 0 Å². The van der Waals surface area contributed by atoms with Crippen LogP contribution in [-0.4, -0.2) is 72.4 Å². The molecule has 4 atom stereocenters. The SMILES string of the molecule is CC1CCC(C(=O)N2CC(O)CC2CN(C)C)O1. The molecule has 0 aromatic carbocycles. The lowest BCUT2D eigenvalue weighted by molar-refractivity contribution is -0.144. The molecule has 0 aromatic rings. The second-order valence-electron chi connectivity index (χ2n) is 5.81. The molecule has 1 N–H and O–H groups in total. The zero-order valence-electron chi connectivity index (χ0n) is 11.5. The first-order valence-corrected chi connectivity index (χ1v) is 6.76. The van der Waals surface area contributed by atoms with E-state index in [9.17, 15) is 9.90 Å². The van der Waals surface area contributed by atoms with Crippen molar-refractivity contribution in [2.75, 3.05) is 27.2 Å². The van der Waals surface area contributed by atoms with E-state index >= 15 is 0 Å². The van der Waals surface area contributed by atoms with E-state index in [0.717, 1.165) is 19.4 Å². The van der Waals surface area contributed by atoms with Gasteiger partial charge in [0.05, 0.1) is 12.2 Å². The predicted octanol–water partition coefficient (Wildman–Crippen LogP) is 0.0773. The highest BCUT2D eigenvalue weighted by Gasteiger charge is 2.39. The topological polar surface area (TPSA) is 53.0 Å². The molecule has 0 radical (unpaired) electrons. The first kappa shape index (κ1) is 13.8. The number of likely N-dealkylation sites (N-methyl/N-ethyl adjacent to an activating group) is 1. The summed E-state index contributed by atoms with van der Waals surface area (Å²) in [5, 5.41) is 9.77. The van der Waals surface area contributed by atoms with Crippen molar-refractivity contribution in [3.05, 3.63) is 0 Å².